The SMILES string of the molecule is CN1CCN(C(=O)c2ccc(C3=CN4C(=CN3)NC=C4c3ccc(C(=N)N=NN)cc3)cc2)CC1. The first kappa shape index (κ1) is 22.4. The lowest BCUT2D eigenvalue weighted by Crippen LogP contribution is -2.47. The molecule has 0 aromatic heterocycles. The minimum Gasteiger partial charge on any atom is -0.357 e. The second kappa shape index (κ2) is 9.43. The average molecular weight is 470 g/mol. The molecule has 0 bridgehead atoms. The molecule has 1 amide bonds. The normalized spacial score (nSPS) is 17.8. The average Bonchev–Trinajstić information content (AvgIpc) is 3.32. The van der Waals surface area contributed by atoms with Crippen LogP contribution in [0.15, 0.2) is 83.3 Å². The van der Waals surface area contributed by atoms with Gasteiger partial charge >= 0.3 is 0 Å². The van der Waals surface area contributed by atoms with E-state index in [2.05, 4.69) is 37.8 Å². The summed E-state index contributed by atoms with van der Waals surface area (Å²) in [5, 5.41) is 21.2. The van der Waals surface area contributed by atoms with Gasteiger partial charge in [-0.05, 0) is 24.7 Å². The molecule has 35 heavy (non-hydrogen) atoms. The van der Waals surface area contributed by atoms with Crippen LogP contribution in [0.3, 0.4) is 0 Å². The van der Waals surface area contributed by atoms with Crippen molar-refractivity contribution in [1.29, 1.82) is 5.41 Å². The number of carbonyl (C=O) groups excluding carboxylic acids is 1. The van der Waals surface area contributed by atoms with Crippen LogP contribution in [0.4, 0.5) is 0 Å². The Morgan fingerprint density at radius 2 is 1.57 bits per heavy atom. The van der Waals surface area contributed by atoms with Crippen LogP contribution >= 0.6 is 0 Å². The van der Waals surface area contributed by atoms with Gasteiger partial charge in [0, 0.05) is 61.5 Å². The zero-order chi connectivity index (χ0) is 24.4. The van der Waals surface area contributed by atoms with E-state index in [4.69, 9.17) is 11.3 Å². The molecule has 0 saturated carbocycles. The number of rotatable bonds is 4. The number of fused-ring (bicyclic) bond motifs is 1. The molecule has 2 aromatic rings. The molecule has 3 heterocycles. The fourth-order valence-electron chi connectivity index (χ4n) is 4.25. The number of amidine groups is 1. The van der Waals surface area contributed by atoms with Gasteiger partial charge in [-0.2, -0.15) is 0 Å². The number of hydrogen-bond acceptors (Lipinski definition) is 7. The number of nitrogens with two attached hydrogens (primary N) is 1. The Bertz CT molecular complexity index is 1250. The van der Waals surface area contributed by atoms with Crippen molar-refractivity contribution in [2.45, 2.75) is 0 Å². The summed E-state index contributed by atoms with van der Waals surface area (Å²) in [5.41, 5.74) is 5.19. The molecule has 0 spiro atoms. The molecule has 0 radical (unpaired) electrons. The molecule has 178 valence electrons. The summed E-state index contributed by atoms with van der Waals surface area (Å²) in [6.07, 6.45) is 5.87. The van der Waals surface area contributed by atoms with Crippen molar-refractivity contribution >= 4 is 23.1 Å². The lowest BCUT2D eigenvalue weighted by Gasteiger charge is -2.32. The highest BCUT2D eigenvalue weighted by atomic mass is 16.2. The fourth-order valence-corrected chi connectivity index (χ4v) is 4.25. The van der Waals surface area contributed by atoms with E-state index in [1.807, 2.05) is 72.0 Å². The predicted octanol–water partition coefficient (Wildman–Crippen LogP) is 2.33. The van der Waals surface area contributed by atoms with Gasteiger partial charge in [-0.3, -0.25) is 15.1 Å². The lowest BCUT2D eigenvalue weighted by atomic mass is 10.1. The van der Waals surface area contributed by atoms with Crippen molar-refractivity contribution in [3.8, 4) is 0 Å². The molecule has 3 aliphatic rings. The van der Waals surface area contributed by atoms with Gasteiger partial charge in [0.2, 0.25) is 0 Å². The second-order valence-corrected chi connectivity index (χ2v) is 8.57. The van der Waals surface area contributed by atoms with E-state index in [-0.39, 0.29) is 11.7 Å². The Kier molecular flexibility index (Phi) is 6.02. The third-order valence-electron chi connectivity index (χ3n) is 6.34. The van der Waals surface area contributed by atoms with Crippen molar-refractivity contribution in [2.24, 2.45) is 16.2 Å². The zero-order valence-corrected chi connectivity index (χ0v) is 19.4. The summed E-state index contributed by atoms with van der Waals surface area (Å²) in [7, 11) is 2.08. The molecule has 10 heteroatoms. The molecule has 5 N–H and O–H groups in total. The topological polar surface area (TPSA) is 125 Å². The number of benzene rings is 2. The summed E-state index contributed by atoms with van der Waals surface area (Å²) in [5.74, 6) is 6.04. The van der Waals surface area contributed by atoms with Crippen molar-refractivity contribution in [2.75, 3.05) is 33.2 Å². The highest BCUT2D eigenvalue weighted by molar-refractivity contribution is 5.97. The Labute approximate surface area is 203 Å². The maximum Gasteiger partial charge on any atom is 0.253 e. The highest BCUT2D eigenvalue weighted by Crippen LogP contribution is 2.31. The molecule has 5 rings (SSSR count). The third-order valence-corrected chi connectivity index (χ3v) is 6.34. The largest absolute Gasteiger partial charge is 0.357 e. The molecule has 1 fully saturated rings. The maximum atomic E-state index is 12.9. The van der Waals surface area contributed by atoms with Gasteiger partial charge in [0.05, 0.1) is 11.4 Å². The van der Waals surface area contributed by atoms with Crippen molar-refractivity contribution in [3.63, 3.8) is 0 Å². The van der Waals surface area contributed by atoms with Crippen LogP contribution in [-0.2, 0) is 0 Å². The van der Waals surface area contributed by atoms with Crippen LogP contribution in [-0.4, -0.2) is 59.7 Å². The van der Waals surface area contributed by atoms with Gasteiger partial charge in [-0.25, -0.2) is 0 Å². The molecule has 2 aromatic carbocycles. The summed E-state index contributed by atoms with van der Waals surface area (Å²) in [6, 6.07) is 15.2. The first-order chi connectivity index (χ1) is 17.0. The summed E-state index contributed by atoms with van der Waals surface area (Å²) >= 11 is 0. The Morgan fingerprint density at radius 3 is 2.26 bits per heavy atom. The number of amides is 1. The van der Waals surface area contributed by atoms with E-state index >= 15 is 0 Å². The van der Waals surface area contributed by atoms with Crippen LogP contribution in [0.25, 0.3) is 11.4 Å². The quantitative estimate of drug-likeness (QED) is 0.179. The number of nitrogens with zero attached hydrogens (tertiary/aromatic N) is 5. The van der Waals surface area contributed by atoms with E-state index in [9.17, 15) is 4.79 Å². The number of hydrogen-bond donors (Lipinski definition) is 4. The van der Waals surface area contributed by atoms with E-state index in [1.165, 1.54) is 0 Å². The molecular formula is C25H27N9O. The molecule has 1 saturated heterocycles. The molecule has 0 unspecified atom stereocenters. The van der Waals surface area contributed by atoms with Crippen LogP contribution < -0.4 is 16.5 Å². The molecule has 0 atom stereocenters. The Hall–Kier alpha value is -4.44. The van der Waals surface area contributed by atoms with Gasteiger partial charge in [0.15, 0.2) is 5.84 Å². The molecular weight excluding hydrogens is 442 g/mol. The third kappa shape index (κ3) is 4.51. The number of carbonyl (C=O) groups is 1. The highest BCUT2D eigenvalue weighted by Gasteiger charge is 2.25. The first-order valence-corrected chi connectivity index (χ1v) is 11.4. The van der Waals surface area contributed by atoms with Crippen LogP contribution in [0, 0.1) is 5.41 Å². The van der Waals surface area contributed by atoms with Crippen LogP contribution in [0.2, 0.25) is 0 Å². The Morgan fingerprint density at radius 1 is 0.914 bits per heavy atom. The van der Waals surface area contributed by atoms with Crippen molar-refractivity contribution < 1.29 is 4.79 Å². The number of piperazine rings is 1. The molecule has 10 nitrogen and oxygen atoms in total. The Balaban J connectivity index is 1.32. The van der Waals surface area contributed by atoms with E-state index in [0.29, 0.717) is 11.1 Å². The van der Waals surface area contributed by atoms with Gasteiger partial charge in [0.25, 0.3) is 5.91 Å². The first-order valence-electron chi connectivity index (χ1n) is 11.4. The van der Waals surface area contributed by atoms with E-state index in [1.54, 1.807) is 0 Å². The fraction of sp³-hybridized carbons (Fsp3) is 0.200. The van der Waals surface area contributed by atoms with E-state index in [0.717, 1.165) is 54.5 Å². The van der Waals surface area contributed by atoms with Gasteiger partial charge in [-0.15, -0.1) is 5.11 Å². The minimum absolute atomic E-state index is 0.0112. The zero-order valence-electron chi connectivity index (χ0n) is 19.4. The number of nitrogens with one attached hydrogen (secondary N) is 3. The molecule has 3 aliphatic heterocycles. The van der Waals surface area contributed by atoms with E-state index < -0.39 is 0 Å². The smallest absolute Gasteiger partial charge is 0.253 e. The summed E-state index contributed by atoms with van der Waals surface area (Å²) in [6.45, 7) is 3.32. The van der Waals surface area contributed by atoms with Crippen molar-refractivity contribution in [1.82, 2.24) is 25.3 Å². The maximum absolute atomic E-state index is 12.9. The second-order valence-electron chi connectivity index (χ2n) is 8.57. The van der Waals surface area contributed by atoms with Gasteiger partial charge in [-0.1, -0.05) is 41.6 Å². The summed E-state index contributed by atoms with van der Waals surface area (Å²) < 4.78 is 0. The van der Waals surface area contributed by atoms with Crippen LogP contribution in [0.5, 0.6) is 0 Å². The predicted molar refractivity (Wildman–Crippen MR) is 134 cm³/mol. The van der Waals surface area contributed by atoms with Gasteiger partial charge in [0.1, 0.15) is 5.82 Å². The standard InChI is InChI=1S/C25H27N9O/c1-32-10-12-33(13-11-32)25(35)20-8-2-17(3-9-20)21-16-34-22(14-29-23(34)15-28-21)18-4-6-19(7-5-18)24(26)30-31-27/h2-9,14-16,28-29H,10-13H2,1H3,(H3,26,27,30). The molecule has 0 aliphatic carbocycles. The van der Waals surface area contributed by atoms with Crippen LogP contribution in [0.1, 0.15) is 27.0 Å². The lowest BCUT2D eigenvalue weighted by molar-refractivity contribution is 0.0664. The number of likely N-dealkylation sites (N-methyl/N-ethyl adjacent to an activating group) is 1. The van der Waals surface area contributed by atoms with Gasteiger partial charge < -0.3 is 26.3 Å². The minimum atomic E-state index is 0.0112. The summed E-state index contributed by atoms with van der Waals surface area (Å²) in [4.78, 5) is 19.1. The van der Waals surface area contributed by atoms with Crippen molar-refractivity contribution in [3.05, 3.63) is 95.2 Å². The monoisotopic (exact) mass is 469 g/mol.